The molecule has 0 aromatic heterocycles. The molecule has 1 amide bonds. The fourth-order valence-corrected chi connectivity index (χ4v) is 2.27. The molecule has 4 heteroatoms. The molecule has 0 aliphatic rings. The third-order valence-electron chi connectivity index (χ3n) is 3.40. The number of carboxylic acid groups (broad SMARTS) is 1. The van der Waals surface area contributed by atoms with Gasteiger partial charge in [-0.3, -0.25) is 4.79 Å². The van der Waals surface area contributed by atoms with Gasteiger partial charge in [-0.25, -0.2) is 4.79 Å². The Hall–Kier alpha value is -2.36. The molecule has 0 aliphatic heterocycles. The molecular formula is C17H19NO3. The number of fused-ring (bicyclic) bond motifs is 1. The first-order valence-electron chi connectivity index (χ1n) is 7.17. The van der Waals surface area contributed by atoms with Crippen LogP contribution >= 0.6 is 0 Å². The second-order valence-corrected chi connectivity index (χ2v) is 5.06. The summed E-state index contributed by atoms with van der Waals surface area (Å²) in [7, 11) is 0. The zero-order valence-corrected chi connectivity index (χ0v) is 12.1. The van der Waals surface area contributed by atoms with E-state index >= 15 is 0 Å². The van der Waals surface area contributed by atoms with Gasteiger partial charge in [0.25, 0.3) is 0 Å². The van der Waals surface area contributed by atoms with Gasteiger partial charge in [0, 0.05) is 6.42 Å². The van der Waals surface area contributed by atoms with Gasteiger partial charge < -0.3 is 10.4 Å². The minimum atomic E-state index is -1.04. The Morgan fingerprint density at radius 2 is 1.76 bits per heavy atom. The van der Waals surface area contributed by atoms with Crippen LogP contribution in [0.5, 0.6) is 0 Å². The standard InChI is InChI=1S/C17H19NO3/c1-2-3-4-9-16(19)18-15-11-13-8-6-5-7-12(13)10-14(15)17(20)21/h5-8,10-11H,2-4,9H2,1H3,(H,18,19)(H,20,21). The molecule has 2 rings (SSSR count). The van der Waals surface area contributed by atoms with Gasteiger partial charge in [-0.1, -0.05) is 44.0 Å². The van der Waals surface area contributed by atoms with E-state index in [2.05, 4.69) is 12.2 Å². The Labute approximate surface area is 123 Å². The van der Waals surface area contributed by atoms with Crippen molar-refractivity contribution in [3.63, 3.8) is 0 Å². The molecule has 110 valence electrons. The average molecular weight is 285 g/mol. The van der Waals surface area contributed by atoms with Gasteiger partial charge in [-0.2, -0.15) is 0 Å². The molecule has 0 unspecified atom stereocenters. The molecule has 0 atom stereocenters. The maximum atomic E-state index is 11.9. The minimum absolute atomic E-state index is 0.123. The fraction of sp³-hybridized carbons (Fsp3) is 0.294. The van der Waals surface area contributed by atoms with Crippen molar-refractivity contribution in [2.45, 2.75) is 32.6 Å². The normalized spacial score (nSPS) is 10.5. The number of hydrogen-bond donors (Lipinski definition) is 2. The predicted molar refractivity (Wildman–Crippen MR) is 83.7 cm³/mol. The van der Waals surface area contributed by atoms with Crippen LogP contribution in [0.25, 0.3) is 10.8 Å². The van der Waals surface area contributed by atoms with Gasteiger partial charge in [0.2, 0.25) is 5.91 Å². The van der Waals surface area contributed by atoms with Crippen LogP contribution in [0.4, 0.5) is 5.69 Å². The smallest absolute Gasteiger partial charge is 0.337 e. The van der Waals surface area contributed by atoms with E-state index in [9.17, 15) is 14.7 Å². The summed E-state index contributed by atoms with van der Waals surface area (Å²) >= 11 is 0. The highest BCUT2D eigenvalue weighted by atomic mass is 16.4. The summed E-state index contributed by atoms with van der Waals surface area (Å²) in [5.41, 5.74) is 0.486. The molecule has 0 aliphatic carbocycles. The summed E-state index contributed by atoms with van der Waals surface area (Å²) in [6, 6.07) is 10.8. The van der Waals surface area contributed by atoms with Crippen LogP contribution in [0.3, 0.4) is 0 Å². The Kier molecular flexibility index (Phi) is 4.93. The van der Waals surface area contributed by atoms with Gasteiger partial charge in [0.15, 0.2) is 0 Å². The van der Waals surface area contributed by atoms with Crippen LogP contribution < -0.4 is 5.32 Å². The van der Waals surface area contributed by atoms with E-state index in [4.69, 9.17) is 0 Å². The summed E-state index contributed by atoms with van der Waals surface area (Å²) in [6.07, 6.45) is 3.28. The van der Waals surface area contributed by atoms with Crippen LogP contribution in [0, 0.1) is 0 Å². The molecular weight excluding hydrogens is 266 g/mol. The van der Waals surface area contributed by atoms with Crippen molar-refractivity contribution >= 4 is 28.3 Å². The van der Waals surface area contributed by atoms with Crippen molar-refractivity contribution in [1.29, 1.82) is 0 Å². The first-order valence-corrected chi connectivity index (χ1v) is 7.17. The largest absolute Gasteiger partial charge is 0.478 e. The van der Waals surface area contributed by atoms with Crippen molar-refractivity contribution in [3.05, 3.63) is 42.0 Å². The van der Waals surface area contributed by atoms with Crippen LogP contribution in [-0.2, 0) is 4.79 Å². The van der Waals surface area contributed by atoms with Crippen LogP contribution in [0.2, 0.25) is 0 Å². The molecule has 2 aromatic rings. The minimum Gasteiger partial charge on any atom is -0.478 e. The quantitative estimate of drug-likeness (QED) is 0.787. The molecule has 0 fully saturated rings. The first-order chi connectivity index (χ1) is 10.1. The molecule has 4 nitrogen and oxygen atoms in total. The highest BCUT2D eigenvalue weighted by Gasteiger charge is 2.13. The number of carbonyl (C=O) groups excluding carboxylic acids is 1. The SMILES string of the molecule is CCCCCC(=O)Nc1cc2ccccc2cc1C(=O)O. The van der Waals surface area contributed by atoms with Crippen LogP contribution in [0.15, 0.2) is 36.4 Å². The van der Waals surface area contributed by atoms with E-state index in [1.807, 2.05) is 24.3 Å². The first kappa shape index (κ1) is 15.0. The van der Waals surface area contributed by atoms with Gasteiger partial charge in [0.1, 0.15) is 0 Å². The third kappa shape index (κ3) is 3.81. The number of carbonyl (C=O) groups is 2. The van der Waals surface area contributed by atoms with E-state index in [0.29, 0.717) is 12.1 Å². The molecule has 0 saturated carbocycles. The number of anilines is 1. The van der Waals surface area contributed by atoms with Crippen molar-refractivity contribution in [2.24, 2.45) is 0 Å². The predicted octanol–water partition coefficient (Wildman–Crippen LogP) is 4.06. The Morgan fingerprint density at radius 1 is 1.10 bits per heavy atom. The molecule has 0 heterocycles. The maximum absolute atomic E-state index is 11.9. The van der Waals surface area contributed by atoms with E-state index in [0.717, 1.165) is 30.0 Å². The Bertz CT molecular complexity index is 664. The zero-order valence-electron chi connectivity index (χ0n) is 12.1. The van der Waals surface area contributed by atoms with Crippen molar-refractivity contribution in [3.8, 4) is 0 Å². The number of benzene rings is 2. The highest BCUT2D eigenvalue weighted by Crippen LogP contribution is 2.24. The highest BCUT2D eigenvalue weighted by molar-refractivity contribution is 6.05. The van der Waals surface area contributed by atoms with E-state index < -0.39 is 5.97 Å². The second-order valence-electron chi connectivity index (χ2n) is 5.06. The number of carboxylic acids is 1. The van der Waals surface area contributed by atoms with Crippen molar-refractivity contribution in [1.82, 2.24) is 0 Å². The number of hydrogen-bond acceptors (Lipinski definition) is 2. The molecule has 21 heavy (non-hydrogen) atoms. The molecule has 2 aromatic carbocycles. The van der Waals surface area contributed by atoms with E-state index in [1.165, 1.54) is 0 Å². The summed E-state index contributed by atoms with van der Waals surface area (Å²) in [5.74, 6) is -1.18. The monoisotopic (exact) mass is 285 g/mol. The third-order valence-corrected chi connectivity index (χ3v) is 3.40. The lowest BCUT2D eigenvalue weighted by Crippen LogP contribution is -2.14. The average Bonchev–Trinajstić information content (AvgIpc) is 2.46. The van der Waals surface area contributed by atoms with Crippen molar-refractivity contribution in [2.75, 3.05) is 5.32 Å². The summed E-state index contributed by atoms with van der Waals surface area (Å²) in [4.78, 5) is 23.3. The topological polar surface area (TPSA) is 66.4 Å². The molecule has 0 radical (unpaired) electrons. The van der Waals surface area contributed by atoms with Gasteiger partial charge in [-0.15, -0.1) is 0 Å². The van der Waals surface area contributed by atoms with Gasteiger partial charge in [0.05, 0.1) is 11.3 Å². The van der Waals surface area contributed by atoms with Crippen LogP contribution in [0.1, 0.15) is 43.0 Å². The molecule has 0 bridgehead atoms. The molecule has 0 saturated heterocycles. The number of nitrogens with one attached hydrogen (secondary N) is 1. The van der Waals surface area contributed by atoms with Gasteiger partial charge in [-0.05, 0) is 29.3 Å². The number of rotatable bonds is 6. The summed E-state index contributed by atoms with van der Waals surface area (Å²) in [5, 5.41) is 13.8. The maximum Gasteiger partial charge on any atom is 0.337 e. The van der Waals surface area contributed by atoms with E-state index in [1.54, 1.807) is 12.1 Å². The lowest BCUT2D eigenvalue weighted by Gasteiger charge is -2.10. The fourth-order valence-electron chi connectivity index (χ4n) is 2.27. The Morgan fingerprint density at radius 3 is 2.38 bits per heavy atom. The lowest BCUT2D eigenvalue weighted by molar-refractivity contribution is -0.116. The number of aromatic carboxylic acids is 1. The van der Waals surface area contributed by atoms with Crippen LogP contribution in [-0.4, -0.2) is 17.0 Å². The molecule has 0 spiro atoms. The van der Waals surface area contributed by atoms with Crippen molar-refractivity contribution < 1.29 is 14.7 Å². The summed E-state index contributed by atoms with van der Waals surface area (Å²) in [6.45, 7) is 2.07. The molecule has 2 N–H and O–H groups in total. The second kappa shape index (κ2) is 6.88. The summed E-state index contributed by atoms with van der Waals surface area (Å²) < 4.78 is 0. The Balaban J connectivity index is 2.26. The number of unbranched alkanes of at least 4 members (excludes halogenated alkanes) is 2. The lowest BCUT2D eigenvalue weighted by atomic mass is 10.0. The zero-order chi connectivity index (χ0) is 15.2. The van der Waals surface area contributed by atoms with Gasteiger partial charge >= 0.3 is 5.97 Å². The van der Waals surface area contributed by atoms with E-state index in [-0.39, 0.29) is 11.5 Å². The number of amides is 1.